The third kappa shape index (κ3) is 3.22. The van der Waals surface area contributed by atoms with Crippen LogP contribution in [-0.4, -0.2) is 7.05 Å². The van der Waals surface area contributed by atoms with Crippen LogP contribution in [0.2, 0.25) is 10.0 Å². The summed E-state index contributed by atoms with van der Waals surface area (Å²) in [7, 11) is 2.03. The Hall–Kier alpha value is -0.890. The summed E-state index contributed by atoms with van der Waals surface area (Å²) in [6.45, 7) is 2.12. The lowest BCUT2D eigenvalue weighted by molar-refractivity contribution is 0.740. The number of halogens is 3. The van der Waals surface area contributed by atoms with Crippen LogP contribution in [0.15, 0.2) is 42.5 Å². The first-order valence-electron chi connectivity index (χ1n) is 6.36. The molecule has 0 saturated heterocycles. The fourth-order valence-corrected chi connectivity index (χ4v) is 2.95. The minimum absolute atomic E-state index is 0.154. The van der Waals surface area contributed by atoms with Crippen molar-refractivity contribution in [3.05, 3.63) is 63.6 Å². The molecule has 2 aromatic rings. The summed E-state index contributed by atoms with van der Waals surface area (Å²) >= 11 is 18.3. The van der Waals surface area contributed by atoms with Crippen LogP contribution < -0.4 is 4.90 Å². The summed E-state index contributed by atoms with van der Waals surface area (Å²) in [6, 6.07) is 14.0. The normalized spacial score (nSPS) is 12.2. The first kappa shape index (κ1) is 15.5. The SMILES string of the molecule is CC(c1ccccc1Cl)N(C)c1ccc(CCl)c(Cl)c1. The van der Waals surface area contributed by atoms with Gasteiger partial charge in [-0.15, -0.1) is 11.6 Å². The van der Waals surface area contributed by atoms with E-state index in [1.807, 2.05) is 49.5 Å². The maximum absolute atomic E-state index is 6.26. The van der Waals surface area contributed by atoms with E-state index in [4.69, 9.17) is 34.8 Å². The minimum Gasteiger partial charge on any atom is -0.368 e. The van der Waals surface area contributed by atoms with Crippen molar-refractivity contribution in [3.8, 4) is 0 Å². The quantitative estimate of drug-likeness (QED) is 0.629. The Bertz CT molecular complexity index is 598. The monoisotopic (exact) mass is 327 g/mol. The van der Waals surface area contributed by atoms with E-state index in [1.54, 1.807) is 0 Å². The van der Waals surface area contributed by atoms with Gasteiger partial charge < -0.3 is 4.90 Å². The molecule has 0 heterocycles. The molecule has 0 amide bonds. The van der Waals surface area contributed by atoms with Crippen LogP contribution in [0.25, 0.3) is 0 Å². The molecule has 0 aliphatic rings. The van der Waals surface area contributed by atoms with Gasteiger partial charge >= 0.3 is 0 Å². The third-order valence-electron chi connectivity index (χ3n) is 3.52. The lowest BCUT2D eigenvalue weighted by Gasteiger charge is -2.28. The first-order valence-corrected chi connectivity index (χ1v) is 7.65. The van der Waals surface area contributed by atoms with Gasteiger partial charge in [-0.05, 0) is 36.2 Å². The predicted molar refractivity (Wildman–Crippen MR) is 89.3 cm³/mol. The highest BCUT2D eigenvalue weighted by molar-refractivity contribution is 6.32. The molecule has 0 radical (unpaired) electrons. The van der Waals surface area contributed by atoms with Crippen molar-refractivity contribution in [2.45, 2.75) is 18.8 Å². The van der Waals surface area contributed by atoms with Gasteiger partial charge in [0.2, 0.25) is 0 Å². The number of rotatable bonds is 4. The zero-order valence-electron chi connectivity index (χ0n) is 11.4. The molecule has 2 aromatic carbocycles. The smallest absolute Gasteiger partial charge is 0.0525 e. The standard InChI is InChI=1S/C16H16Cl3N/c1-11(14-5-3-4-6-15(14)18)20(2)13-8-7-12(10-17)16(19)9-13/h3-9,11H,10H2,1-2H3. The van der Waals surface area contributed by atoms with E-state index in [9.17, 15) is 0 Å². The molecule has 0 aliphatic carbocycles. The van der Waals surface area contributed by atoms with Crippen molar-refractivity contribution in [2.24, 2.45) is 0 Å². The highest BCUT2D eigenvalue weighted by atomic mass is 35.5. The molecule has 0 fully saturated rings. The Morgan fingerprint density at radius 2 is 1.75 bits per heavy atom. The average Bonchev–Trinajstić information content (AvgIpc) is 2.46. The topological polar surface area (TPSA) is 3.24 Å². The van der Waals surface area contributed by atoms with Crippen LogP contribution in [0.3, 0.4) is 0 Å². The van der Waals surface area contributed by atoms with Crippen molar-refractivity contribution >= 4 is 40.5 Å². The van der Waals surface area contributed by atoms with Crippen molar-refractivity contribution in [2.75, 3.05) is 11.9 Å². The van der Waals surface area contributed by atoms with Gasteiger partial charge in [-0.25, -0.2) is 0 Å². The Morgan fingerprint density at radius 3 is 2.35 bits per heavy atom. The predicted octanol–water partition coefficient (Wildman–Crippen LogP) is 5.93. The molecule has 2 rings (SSSR count). The molecule has 0 bridgehead atoms. The number of hydrogen-bond acceptors (Lipinski definition) is 1. The molecule has 0 saturated carbocycles. The molecule has 4 heteroatoms. The van der Waals surface area contributed by atoms with E-state index < -0.39 is 0 Å². The van der Waals surface area contributed by atoms with Crippen LogP contribution in [0.1, 0.15) is 24.1 Å². The van der Waals surface area contributed by atoms with Crippen LogP contribution in [0, 0.1) is 0 Å². The molecule has 0 spiro atoms. The number of alkyl halides is 1. The Labute approximate surface area is 135 Å². The fourth-order valence-electron chi connectivity index (χ4n) is 2.11. The summed E-state index contributed by atoms with van der Waals surface area (Å²) in [5.41, 5.74) is 3.07. The zero-order valence-corrected chi connectivity index (χ0v) is 13.7. The minimum atomic E-state index is 0.154. The molecule has 1 nitrogen and oxygen atoms in total. The molecule has 0 aromatic heterocycles. The van der Waals surface area contributed by atoms with E-state index in [2.05, 4.69) is 11.8 Å². The highest BCUT2D eigenvalue weighted by Crippen LogP contribution is 2.32. The maximum Gasteiger partial charge on any atom is 0.0525 e. The van der Waals surface area contributed by atoms with Crippen molar-refractivity contribution in [1.29, 1.82) is 0 Å². The van der Waals surface area contributed by atoms with Gasteiger partial charge in [-0.3, -0.25) is 0 Å². The van der Waals surface area contributed by atoms with Gasteiger partial charge in [0.25, 0.3) is 0 Å². The molecular formula is C16H16Cl3N. The highest BCUT2D eigenvalue weighted by Gasteiger charge is 2.15. The van der Waals surface area contributed by atoms with Gasteiger partial charge in [-0.1, -0.05) is 47.5 Å². The largest absolute Gasteiger partial charge is 0.368 e. The molecule has 106 valence electrons. The van der Waals surface area contributed by atoms with E-state index in [0.717, 1.165) is 21.8 Å². The third-order valence-corrected chi connectivity index (χ3v) is 4.51. The maximum atomic E-state index is 6.26. The van der Waals surface area contributed by atoms with Crippen molar-refractivity contribution in [1.82, 2.24) is 0 Å². The van der Waals surface area contributed by atoms with Gasteiger partial charge in [0.15, 0.2) is 0 Å². The summed E-state index contributed by atoms with van der Waals surface area (Å²) in [6.07, 6.45) is 0. The second-order valence-electron chi connectivity index (χ2n) is 4.72. The van der Waals surface area contributed by atoms with E-state index >= 15 is 0 Å². The fraction of sp³-hybridized carbons (Fsp3) is 0.250. The van der Waals surface area contributed by atoms with Gasteiger partial charge in [0.1, 0.15) is 0 Å². The van der Waals surface area contributed by atoms with Crippen LogP contribution >= 0.6 is 34.8 Å². The van der Waals surface area contributed by atoms with Gasteiger partial charge in [0, 0.05) is 28.7 Å². The summed E-state index contributed by atoms with van der Waals surface area (Å²) in [5.74, 6) is 0.420. The molecule has 0 aliphatic heterocycles. The second kappa shape index (κ2) is 6.71. The van der Waals surface area contributed by atoms with Gasteiger partial charge in [-0.2, -0.15) is 0 Å². The summed E-state index contributed by atoms with van der Waals surface area (Å²) in [5, 5.41) is 1.46. The van der Waals surface area contributed by atoms with Crippen LogP contribution in [0.5, 0.6) is 0 Å². The van der Waals surface area contributed by atoms with Crippen LogP contribution in [-0.2, 0) is 5.88 Å². The van der Waals surface area contributed by atoms with E-state index in [-0.39, 0.29) is 6.04 Å². The number of hydrogen-bond donors (Lipinski definition) is 0. The Kier molecular flexibility index (Phi) is 5.20. The van der Waals surface area contributed by atoms with Crippen LogP contribution in [0.4, 0.5) is 5.69 Å². The molecule has 1 atom stereocenters. The Morgan fingerprint density at radius 1 is 1.05 bits per heavy atom. The summed E-state index contributed by atoms with van der Waals surface area (Å²) < 4.78 is 0. The number of nitrogens with zero attached hydrogens (tertiary/aromatic N) is 1. The average molecular weight is 329 g/mol. The van der Waals surface area contributed by atoms with Gasteiger partial charge in [0.05, 0.1) is 6.04 Å². The first-order chi connectivity index (χ1) is 9.54. The summed E-state index contributed by atoms with van der Waals surface area (Å²) in [4.78, 5) is 2.14. The van der Waals surface area contributed by atoms with E-state index in [1.165, 1.54) is 0 Å². The molecule has 1 unspecified atom stereocenters. The molecule has 0 N–H and O–H groups in total. The van der Waals surface area contributed by atoms with Crippen molar-refractivity contribution < 1.29 is 0 Å². The van der Waals surface area contributed by atoms with Crippen molar-refractivity contribution in [3.63, 3.8) is 0 Å². The number of benzene rings is 2. The lowest BCUT2D eigenvalue weighted by Crippen LogP contribution is -2.21. The second-order valence-corrected chi connectivity index (χ2v) is 5.80. The number of anilines is 1. The molecule has 20 heavy (non-hydrogen) atoms. The van der Waals surface area contributed by atoms with E-state index in [0.29, 0.717) is 10.9 Å². The Balaban J connectivity index is 2.29. The zero-order chi connectivity index (χ0) is 14.7. The lowest BCUT2D eigenvalue weighted by atomic mass is 10.1. The molecular weight excluding hydrogens is 313 g/mol.